The number of halogens is 1. The molecule has 1 aliphatic heterocycles. The molecular formula is C17H25ClN4O2. The molecule has 1 aromatic carbocycles. The van der Waals surface area contributed by atoms with Gasteiger partial charge < -0.3 is 10.6 Å². The molecule has 2 unspecified atom stereocenters. The second-order valence-corrected chi connectivity index (χ2v) is 6.38. The first-order valence-electron chi connectivity index (χ1n) is 8.22. The molecular weight excluding hydrogens is 328 g/mol. The Hall–Kier alpha value is -1.79. The fourth-order valence-electron chi connectivity index (χ4n) is 3.30. The molecule has 0 radical (unpaired) electrons. The SMILES string of the molecule is CC1CNCCC1NC(=O)CCn1c(=O)n(C)c2ccccc21.Cl. The molecule has 2 atom stereocenters. The number of para-hydroxylation sites is 2. The summed E-state index contributed by atoms with van der Waals surface area (Å²) in [7, 11) is 1.76. The minimum Gasteiger partial charge on any atom is -0.353 e. The van der Waals surface area contributed by atoms with E-state index < -0.39 is 0 Å². The first-order valence-corrected chi connectivity index (χ1v) is 8.22. The summed E-state index contributed by atoms with van der Waals surface area (Å²) < 4.78 is 3.31. The zero-order valence-corrected chi connectivity index (χ0v) is 14.9. The second-order valence-electron chi connectivity index (χ2n) is 6.38. The van der Waals surface area contributed by atoms with Crippen LogP contribution in [0.4, 0.5) is 0 Å². The largest absolute Gasteiger partial charge is 0.353 e. The number of carbonyl (C=O) groups is 1. The van der Waals surface area contributed by atoms with Crippen molar-refractivity contribution in [1.29, 1.82) is 0 Å². The first-order chi connectivity index (χ1) is 11.1. The van der Waals surface area contributed by atoms with E-state index >= 15 is 0 Å². The van der Waals surface area contributed by atoms with Gasteiger partial charge in [-0.05, 0) is 37.6 Å². The number of nitrogens with zero attached hydrogens (tertiary/aromatic N) is 2. The number of benzene rings is 1. The average molecular weight is 353 g/mol. The van der Waals surface area contributed by atoms with Gasteiger partial charge in [0.25, 0.3) is 0 Å². The van der Waals surface area contributed by atoms with E-state index in [4.69, 9.17) is 0 Å². The lowest BCUT2D eigenvalue weighted by molar-refractivity contribution is -0.122. The molecule has 2 heterocycles. The molecule has 6 nitrogen and oxygen atoms in total. The van der Waals surface area contributed by atoms with Gasteiger partial charge in [0.05, 0.1) is 11.0 Å². The van der Waals surface area contributed by atoms with Crippen molar-refractivity contribution in [3.8, 4) is 0 Å². The highest BCUT2D eigenvalue weighted by atomic mass is 35.5. The van der Waals surface area contributed by atoms with Gasteiger partial charge >= 0.3 is 5.69 Å². The number of piperidine rings is 1. The van der Waals surface area contributed by atoms with Crippen molar-refractivity contribution in [3.63, 3.8) is 0 Å². The number of carbonyl (C=O) groups excluding carboxylic acids is 1. The van der Waals surface area contributed by atoms with E-state index in [0.29, 0.717) is 18.9 Å². The summed E-state index contributed by atoms with van der Waals surface area (Å²) in [5, 5.41) is 6.44. The number of nitrogens with one attached hydrogen (secondary N) is 2. The summed E-state index contributed by atoms with van der Waals surface area (Å²) in [5.74, 6) is 0.455. The fraction of sp³-hybridized carbons (Fsp3) is 0.529. The second kappa shape index (κ2) is 7.85. The van der Waals surface area contributed by atoms with Crippen LogP contribution >= 0.6 is 12.4 Å². The van der Waals surface area contributed by atoms with Crippen LogP contribution in [0.25, 0.3) is 11.0 Å². The Labute approximate surface area is 147 Å². The zero-order chi connectivity index (χ0) is 16.4. The number of aryl methyl sites for hydroxylation is 2. The maximum absolute atomic E-state index is 12.3. The van der Waals surface area contributed by atoms with E-state index in [1.807, 2.05) is 24.3 Å². The molecule has 2 aromatic rings. The average Bonchev–Trinajstić information content (AvgIpc) is 2.80. The van der Waals surface area contributed by atoms with Crippen LogP contribution in [0.5, 0.6) is 0 Å². The number of hydrogen-bond donors (Lipinski definition) is 2. The number of aromatic nitrogens is 2. The van der Waals surface area contributed by atoms with Crippen molar-refractivity contribution in [2.45, 2.75) is 32.4 Å². The number of hydrogen-bond acceptors (Lipinski definition) is 3. The number of rotatable bonds is 4. The van der Waals surface area contributed by atoms with E-state index in [1.54, 1.807) is 16.2 Å². The van der Waals surface area contributed by atoms with E-state index in [2.05, 4.69) is 17.6 Å². The summed E-state index contributed by atoms with van der Waals surface area (Å²) in [6.07, 6.45) is 1.28. The Morgan fingerprint density at radius 3 is 2.75 bits per heavy atom. The Morgan fingerprint density at radius 2 is 2.04 bits per heavy atom. The summed E-state index contributed by atoms with van der Waals surface area (Å²) in [4.78, 5) is 24.6. The molecule has 1 aromatic heterocycles. The molecule has 2 N–H and O–H groups in total. The quantitative estimate of drug-likeness (QED) is 0.870. The molecule has 3 rings (SSSR count). The highest BCUT2D eigenvalue weighted by molar-refractivity contribution is 5.85. The highest BCUT2D eigenvalue weighted by Crippen LogP contribution is 2.13. The first kappa shape index (κ1) is 18.5. The van der Waals surface area contributed by atoms with E-state index in [-0.39, 0.29) is 30.0 Å². The van der Waals surface area contributed by atoms with Gasteiger partial charge in [-0.1, -0.05) is 19.1 Å². The minimum absolute atomic E-state index is 0. The molecule has 0 bridgehead atoms. The smallest absolute Gasteiger partial charge is 0.328 e. The van der Waals surface area contributed by atoms with Crippen molar-refractivity contribution >= 4 is 29.3 Å². The topological polar surface area (TPSA) is 68.1 Å². The van der Waals surface area contributed by atoms with Crippen LogP contribution in [0.3, 0.4) is 0 Å². The van der Waals surface area contributed by atoms with Gasteiger partial charge in [-0.15, -0.1) is 12.4 Å². The van der Waals surface area contributed by atoms with Crippen LogP contribution in [-0.4, -0.2) is 34.2 Å². The third-order valence-electron chi connectivity index (χ3n) is 4.75. The minimum atomic E-state index is -0.0748. The van der Waals surface area contributed by atoms with Crippen molar-refractivity contribution in [3.05, 3.63) is 34.7 Å². The number of fused-ring (bicyclic) bond motifs is 1. The predicted molar refractivity (Wildman–Crippen MR) is 97.6 cm³/mol. The van der Waals surface area contributed by atoms with Crippen LogP contribution in [0, 0.1) is 5.92 Å². The Balaban J connectivity index is 0.00000208. The van der Waals surface area contributed by atoms with Crippen LogP contribution in [0.1, 0.15) is 19.8 Å². The summed E-state index contributed by atoms with van der Waals surface area (Å²) in [5.41, 5.74) is 1.70. The molecule has 24 heavy (non-hydrogen) atoms. The van der Waals surface area contributed by atoms with Gasteiger partial charge in [0, 0.05) is 26.1 Å². The van der Waals surface area contributed by atoms with E-state index in [1.165, 1.54) is 0 Å². The van der Waals surface area contributed by atoms with Gasteiger partial charge in [0.1, 0.15) is 0 Å². The molecule has 7 heteroatoms. The van der Waals surface area contributed by atoms with Crippen LogP contribution in [-0.2, 0) is 18.4 Å². The number of amides is 1. The van der Waals surface area contributed by atoms with Crippen LogP contribution < -0.4 is 16.3 Å². The summed E-state index contributed by atoms with van der Waals surface area (Å²) >= 11 is 0. The van der Waals surface area contributed by atoms with Gasteiger partial charge in [-0.25, -0.2) is 4.79 Å². The standard InChI is InChI=1S/C17H24N4O2.ClH/c1-12-11-18-9-7-13(12)19-16(22)8-10-21-15-6-4-3-5-14(15)20(2)17(21)23;/h3-6,12-13,18H,7-11H2,1-2H3,(H,19,22);1H. The van der Waals surface area contributed by atoms with Crippen LogP contribution in [0.15, 0.2) is 29.1 Å². The molecule has 1 saturated heterocycles. The van der Waals surface area contributed by atoms with Gasteiger partial charge in [0.15, 0.2) is 0 Å². The van der Waals surface area contributed by atoms with Gasteiger partial charge in [-0.2, -0.15) is 0 Å². The van der Waals surface area contributed by atoms with Crippen molar-refractivity contribution < 1.29 is 4.79 Å². The maximum Gasteiger partial charge on any atom is 0.328 e. The lowest BCUT2D eigenvalue weighted by Gasteiger charge is -2.30. The Bertz CT molecular complexity index is 768. The third kappa shape index (κ3) is 3.65. The number of imidazole rings is 1. The van der Waals surface area contributed by atoms with Gasteiger partial charge in [0.2, 0.25) is 5.91 Å². The summed E-state index contributed by atoms with van der Waals surface area (Å²) in [6, 6.07) is 7.90. The molecule has 1 amide bonds. The Morgan fingerprint density at radius 1 is 1.33 bits per heavy atom. The molecule has 132 valence electrons. The van der Waals surface area contributed by atoms with Crippen molar-refractivity contribution in [2.75, 3.05) is 13.1 Å². The third-order valence-corrected chi connectivity index (χ3v) is 4.75. The fourth-order valence-corrected chi connectivity index (χ4v) is 3.30. The Kier molecular flexibility index (Phi) is 6.07. The van der Waals surface area contributed by atoms with E-state index in [0.717, 1.165) is 30.5 Å². The van der Waals surface area contributed by atoms with E-state index in [9.17, 15) is 9.59 Å². The zero-order valence-electron chi connectivity index (χ0n) is 14.1. The van der Waals surface area contributed by atoms with Crippen LogP contribution in [0.2, 0.25) is 0 Å². The summed E-state index contributed by atoms with van der Waals surface area (Å²) in [6.45, 7) is 4.43. The van der Waals surface area contributed by atoms with Crippen molar-refractivity contribution in [2.24, 2.45) is 13.0 Å². The molecule has 0 aliphatic carbocycles. The lowest BCUT2D eigenvalue weighted by Crippen LogP contribution is -2.48. The monoisotopic (exact) mass is 352 g/mol. The molecule has 0 spiro atoms. The van der Waals surface area contributed by atoms with Gasteiger partial charge in [-0.3, -0.25) is 13.9 Å². The predicted octanol–water partition coefficient (Wildman–Crippen LogP) is 1.27. The molecule has 1 fully saturated rings. The molecule has 0 saturated carbocycles. The highest BCUT2D eigenvalue weighted by Gasteiger charge is 2.22. The lowest BCUT2D eigenvalue weighted by atomic mass is 9.95. The molecule has 1 aliphatic rings. The normalized spacial score (nSPS) is 20.6. The maximum atomic E-state index is 12.3. The van der Waals surface area contributed by atoms with Crippen molar-refractivity contribution in [1.82, 2.24) is 19.8 Å².